The second-order valence-corrected chi connectivity index (χ2v) is 34.6. The number of hydrogen-bond donors (Lipinski definition) is 0. The number of amides is 1. The van der Waals surface area contributed by atoms with Gasteiger partial charge in [0.25, 0.3) is 0 Å². The van der Waals surface area contributed by atoms with Gasteiger partial charge in [0.05, 0.1) is 0 Å². The summed E-state index contributed by atoms with van der Waals surface area (Å²) in [6.07, 6.45) is 5.04. The van der Waals surface area contributed by atoms with Crippen LogP contribution >= 0.6 is 15.9 Å². The molecule has 0 saturated carbocycles. The molecule has 2 aliphatic heterocycles. The van der Waals surface area contributed by atoms with Crippen LogP contribution in [0, 0.1) is 0 Å². The molecule has 2 fully saturated rings. The molecule has 1 aromatic carbocycles. The van der Waals surface area contributed by atoms with Crippen molar-refractivity contribution in [2.45, 2.75) is 109 Å². The van der Waals surface area contributed by atoms with E-state index in [1.54, 1.807) is 0 Å². The Bertz CT molecular complexity index is 1880. The number of nitrogens with zero attached hydrogens (tertiary/aromatic N) is 5. The molecule has 298 valence electrons. The Morgan fingerprint density at radius 2 is 1.51 bits per heavy atom. The first-order chi connectivity index (χ1) is 26.0. The second-order valence-electron chi connectivity index (χ2n) is 18.4. The van der Waals surface area contributed by atoms with Gasteiger partial charge in [-0.2, -0.15) is 0 Å². The number of piperidine rings is 1. The van der Waals surface area contributed by atoms with E-state index in [0.29, 0.717) is 24.0 Å². The van der Waals surface area contributed by atoms with Crippen molar-refractivity contribution in [3.05, 3.63) is 65.0 Å². The van der Waals surface area contributed by atoms with Crippen molar-refractivity contribution in [2.75, 3.05) is 37.2 Å². The van der Waals surface area contributed by atoms with Crippen LogP contribution < -0.4 is 4.48 Å². The van der Waals surface area contributed by atoms with E-state index in [4.69, 9.17) is 34.0 Å². The fourth-order valence-electron chi connectivity index (χ4n) is 7.07. The summed E-state index contributed by atoms with van der Waals surface area (Å²) < 4.78 is 29.2. The molecule has 1 amide bonds. The van der Waals surface area contributed by atoms with E-state index in [-0.39, 0.29) is 24.1 Å². The molecule has 2 aliphatic rings. The Morgan fingerprint density at radius 3 is 2.05 bits per heavy atom. The SMILES string of the molecule is CC(C)(C)OC(=O)N1C2COCC1CC(c1nc3c(-c4ccc(-c5ccccc5)nc4)cnn3c([As](COCC[Si](C)(C)C)COCC[Si](C)(C)C)c1Br)C2. The van der Waals surface area contributed by atoms with Crippen molar-refractivity contribution in [3.8, 4) is 22.4 Å². The number of halogens is 1. The summed E-state index contributed by atoms with van der Waals surface area (Å²) in [4.78, 5) is 25.8. The van der Waals surface area contributed by atoms with E-state index in [0.717, 1.165) is 80.8 Å². The van der Waals surface area contributed by atoms with Crippen molar-refractivity contribution >= 4 is 63.0 Å². The molecule has 2 unspecified atom stereocenters. The Kier molecular flexibility index (Phi) is 13.5. The van der Waals surface area contributed by atoms with Gasteiger partial charge in [-0.05, 0) is 0 Å². The molecule has 0 N–H and O–H groups in total. The van der Waals surface area contributed by atoms with Gasteiger partial charge in [0.2, 0.25) is 0 Å². The van der Waals surface area contributed by atoms with Crippen LogP contribution in [0.3, 0.4) is 0 Å². The van der Waals surface area contributed by atoms with E-state index in [1.807, 2.05) is 56.3 Å². The number of morpholine rings is 1. The first-order valence-electron chi connectivity index (χ1n) is 19.6. The van der Waals surface area contributed by atoms with Crippen LogP contribution in [0.4, 0.5) is 4.79 Å². The van der Waals surface area contributed by atoms with Crippen LogP contribution in [0.15, 0.2) is 59.3 Å². The van der Waals surface area contributed by atoms with E-state index < -0.39 is 36.4 Å². The predicted octanol–water partition coefficient (Wildman–Crippen LogP) is 8.59. The summed E-state index contributed by atoms with van der Waals surface area (Å²) in [5, 5.41) is 6.36. The molecular formula is C41H59AsBrN5O5Si2. The maximum atomic E-state index is 13.5. The number of pyridine rings is 1. The fourth-order valence-corrected chi connectivity index (χ4v) is 14.3. The summed E-state index contributed by atoms with van der Waals surface area (Å²) in [6, 6.07) is 16.4. The minimum atomic E-state index is -2.06. The zero-order chi connectivity index (χ0) is 39.5. The van der Waals surface area contributed by atoms with E-state index in [9.17, 15) is 4.79 Å². The molecule has 10 nitrogen and oxygen atoms in total. The van der Waals surface area contributed by atoms with E-state index in [2.05, 4.69) is 84.0 Å². The van der Waals surface area contributed by atoms with Crippen LogP contribution in [0.25, 0.3) is 28.0 Å². The third-order valence-corrected chi connectivity index (χ3v) is 19.1. The van der Waals surface area contributed by atoms with Gasteiger partial charge in [-0.1, -0.05) is 0 Å². The number of rotatable bonds is 14. The number of ether oxygens (including phenoxy) is 4. The standard InChI is InChI=1S/C41H59AsBrN5O5Si2/c1-41(2,3)53-40(49)47-32-21-31(22-33(47)26-52-25-32)37-36(43)38(42(27-50-17-19-54(4,5)6)28-51-18-20-55(7,8)9)48-39(46-37)34(24-45-48)30-15-16-35(44-23-30)29-13-11-10-12-14-29/h10-16,23-24,31-33H,17-22,25-28H2,1-9H3. The van der Waals surface area contributed by atoms with Gasteiger partial charge in [-0.3, -0.25) is 0 Å². The van der Waals surface area contributed by atoms with Gasteiger partial charge in [0.15, 0.2) is 0 Å². The number of carbonyl (C=O) groups is 1. The number of benzene rings is 1. The molecule has 0 aliphatic carbocycles. The Balaban J connectivity index is 1.41. The molecule has 3 aromatic heterocycles. The van der Waals surface area contributed by atoms with Crippen LogP contribution in [-0.2, 0) is 18.9 Å². The Morgan fingerprint density at radius 1 is 0.891 bits per heavy atom. The molecule has 55 heavy (non-hydrogen) atoms. The van der Waals surface area contributed by atoms with Crippen molar-refractivity contribution in [3.63, 3.8) is 0 Å². The van der Waals surface area contributed by atoms with Crippen LogP contribution in [0.1, 0.15) is 45.2 Å². The Labute approximate surface area is 342 Å². The summed E-state index contributed by atoms with van der Waals surface area (Å²) in [5.41, 5.74) is 5.12. The molecule has 0 spiro atoms. The molecule has 4 aromatic rings. The molecule has 5 heterocycles. The number of aromatic nitrogens is 4. The molecular weight excluding hydrogens is 853 g/mol. The number of carbonyl (C=O) groups excluding carboxylic acids is 1. The topological polar surface area (TPSA) is 100 Å². The molecule has 2 saturated heterocycles. The predicted molar refractivity (Wildman–Crippen MR) is 231 cm³/mol. The molecule has 6 rings (SSSR count). The molecule has 2 atom stereocenters. The molecule has 2 bridgehead atoms. The normalized spacial score (nSPS) is 19.3. The maximum absolute atomic E-state index is 13.5. The first-order valence-corrected chi connectivity index (χ1v) is 31.4. The third-order valence-electron chi connectivity index (χ3n) is 10.0. The van der Waals surface area contributed by atoms with Gasteiger partial charge < -0.3 is 0 Å². The van der Waals surface area contributed by atoms with Crippen molar-refractivity contribution in [2.24, 2.45) is 0 Å². The van der Waals surface area contributed by atoms with E-state index >= 15 is 0 Å². The summed E-state index contributed by atoms with van der Waals surface area (Å²) in [6.45, 7) is 22.6. The number of hydrogen-bond acceptors (Lipinski definition) is 8. The Hall–Kier alpha value is -2.39. The van der Waals surface area contributed by atoms with Crippen LogP contribution in [0.5, 0.6) is 0 Å². The quantitative estimate of drug-likeness (QED) is 0.0917. The average Bonchev–Trinajstić information content (AvgIpc) is 3.52. The first kappa shape index (κ1) is 42.2. The monoisotopic (exact) mass is 911 g/mol. The zero-order valence-corrected chi connectivity index (χ0v) is 39.6. The summed E-state index contributed by atoms with van der Waals surface area (Å²) in [7, 11) is -2.54. The fraction of sp³-hybridized carbons (Fsp3) is 0.561. The van der Waals surface area contributed by atoms with Gasteiger partial charge in [-0.25, -0.2) is 0 Å². The number of fused-ring (bicyclic) bond motifs is 3. The van der Waals surface area contributed by atoms with Crippen molar-refractivity contribution in [1.29, 1.82) is 0 Å². The van der Waals surface area contributed by atoms with Gasteiger partial charge >= 0.3 is 344 Å². The third kappa shape index (κ3) is 11.0. The van der Waals surface area contributed by atoms with E-state index in [1.165, 1.54) is 0 Å². The zero-order valence-electron chi connectivity index (χ0n) is 34.1. The summed E-state index contributed by atoms with van der Waals surface area (Å²) >= 11 is 2.09. The minimum absolute atomic E-state index is 0.0912. The van der Waals surface area contributed by atoms with Crippen molar-refractivity contribution in [1.82, 2.24) is 24.5 Å². The average molecular weight is 913 g/mol. The van der Waals surface area contributed by atoms with Crippen LogP contribution in [0.2, 0.25) is 51.4 Å². The molecule has 14 heteroatoms. The van der Waals surface area contributed by atoms with Crippen LogP contribution in [-0.4, -0.2) is 116 Å². The summed E-state index contributed by atoms with van der Waals surface area (Å²) in [5.74, 6) is 0.0912. The van der Waals surface area contributed by atoms with Gasteiger partial charge in [0, 0.05) is 0 Å². The molecule has 0 radical (unpaired) electrons. The van der Waals surface area contributed by atoms with Crippen molar-refractivity contribution < 1.29 is 23.7 Å². The second kappa shape index (κ2) is 17.6. The van der Waals surface area contributed by atoms with Gasteiger partial charge in [0.1, 0.15) is 0 Å². The van der Waals surface area contributed by atoms with Gasteiger partial charge in [-0.15, -0.1) is 0 Å².